The van der Waals surface area contributed by atoms with Crippen LogP contribution in [0.25, 0.3) is 22.3 Å². The van der Waals surface area contributed by atoms with E-state index in [1.165, 1.54) is 6.20 Å². The first-order valence-corrected chi connectivity index (χ1v) is 12.7. The minimum atomic E-state index is -4.69. The number of piperidine rings is 1. The van der Waals surface area contributed by atoms with Crippen LogP contribution >= 0.6 is 11.3 Å². The third kappa shape index (κ3) is 4.88. The number of nitrogens with zero attached hydrogens (tertiary/aromatic N) is 7. The van der Waals surface area contributed by atoms with E-state index in [2.05, 4.69) is 34.8 Å². The predicted molar refractivity (Wildman–Crippen MR) is 136 cm³/mol. The molecule has 9 nitrogen and oxygen atoms in total. The zero-order valence-electron chi connectivity index (χ0n) is 20.1. The zero-order valence-corrected chi connectivity index (χ0v) is 20.9. The molecule has 1 atom stereocenters. The van der Waals surface area contributed by atoms with Crippen LogP contribution in [-0.2, 0) is 6.18 Å². The number of halogens is 3. The van der Waals surface area contributed by atoms with Crippen molar-refractivity contribution >= 4 is 39.1 Å². The molecule has 0 amide bonds. The molecule has 38 heavy (non-hydrogen) atoms. The van der Waals surface area contributed by atoms with E-state index < -0.39 is 12.1 Å². The molecule has 0 aliphatic carbocycles. The second-order valence-corrected chi connectivity index (χ2v) is 10.2. The number of rotatable bonds is 5. The van der Waals surface area contributed by atoms with Gasteiger partial charge in [-0.1, -0.05) is 17.3 Å². The number of nitrogens with one attached hydrogen (secondary N) is 1. The Kier molecular flexibility index (Phi) is 6.14. The van der Waals surface area contributed by atoms with Crippen molar-refractivity contribution in [3.05, 3.63) is 65.3 Å². The highest BCUT2D eigenvalue weighted by Gasteiger charge is 2.38. The van der Waals surface area contributed by atoms with Gasteiger partial charge in [0.15, 0.2) is 5.13 Å². The van der Waals surface area contributed by atoms with Crippen molar-refractivity contribution < 1.29 is 17.7 Å². The van der Waals surface area contributed by atoms with E-state index in [9.17, 15) is 13.2 Å². The first-order chi connectivity index (χ1) is 18.3. The molecule has 1 aliphatic heterocycles. The lowest BCUT2D eigenvalue weighted by Crippen LogP contribution is -2.36. The lowest BCUT2D eigenvalue weighted by molar-refractivity contribution is -0.159. The van der Waals surface area contributed by atoms with Gasteiger partial charge in [-0.25, -0.2) is 9.97 Å². The van der Waals surface area contributed by atoms with E-state index in [4.69, 9.17) is 9.97 Å². The van der Waals surface area contributed by atoms with E-state index in [0.717, 1.165) is 46.0 Å². The maximum absolute atomic E-state index is 12.8. The number of fused-ring (bicyclic) bond motifs is 1. The summed E-state index contributed by atoms with van der Waals surface area (Å²) in [5.74, 6) is -0.118. The largest absolute Gasteiger partial charge is 0.471 e. The summed E-state index contributed by atoms with van der Waals surface area (Å²) in [6, 6.07) is 11.3. The highest BCUT2D eigenvalue weighted by atomic mass is 32.1. The molecule has 1 unspecified atom stereocenters. The molecule has 194 valence electrons. The number of pyridine rings is 1. The number of aryl methyl sites for hydroxylation is 1. The summed E-state index contributed by atoms with van der Waals surface area (Å²) in [5, 5.41) is 8.45. The summed E-state index contributed by atoms with van der Waals surface area (Å²) in [7, 11) is 0. The van der Waals surface area contributed by atoms with E-state index in [-0.39, 0.29) is 11.7 Å². The highest BCUT2D eigenvalue weighted by Crippen LogP contribution is 2.33. The SMILES string of the molecule is Cc1cnc(Nc2nc(N3CCCC(c4ccc(-c5noc(C(F)(F)F)n5)cn4)C3)nc3ccccc23)s1. The van der Waals surface area contributed by atoms with Gasteiger partial charge in [0.2, 0.25) is 11.8 Å². The summed E-state index contributed by atoms with van der Waals surface area (Å²) < 4.78 is 42.7. The van der Waals surface area contributed by atoms with Crippen LogP contribution < -0.4 is 10.2 Å². The van der Waals surface area contributed by atoms with Crippen molar-refractivity contribution in [2.45, 2.75) is 31.9 Å². The van der Waals surface area contributed by atoms with Crippen molar-refractivity contribution in [1.82, 2.24) is 30.1 Å². The van der Waals surface area contributed by atoms with Crippen LogP contribution in [0.5, 0.6) is 0 Å². The number of anilines is 3. The standard InChI is InChI=1S/C25H21F3N8OS/c1-14-11-30-24(38-14)34-21-17-6-2-3-7-19(17)31-23(33-21)36-10-4-5-16(13-36)18-9-8-15(12-29-18)20-32-22(37-35-20)25(26,27)28/h2-3,6-9,11-12,16H,4-5,10,13H2,1H3,(H,30,31,33,34). The van der Waals surface area contributed by atoms with Gasteiger partial charge in [-0.2, -0.15) is 23.1 Å². The van der Waals surface area contributed by atoms with Crippen LogP contribution in [0.3, 0.4) is 0 Å². The van der Waals surface area contributed by atoms with Gasteiger partial charge in [-0.15, -0.1) is 11.3 Å². The third-order valence-corrected chi connectivity index (χ3v) is 7.10. The molecule has 1 N–H and O–H groups in total. The van der Waals surface area contributed by atoms with Crippen LogP contribution in [0.4, 0.5) is 30.1 Å². The maximum Gasteiger partial charge on any atom is 0.471 e. The van der Waals surface area contributed by atoms with Gasteiger partial charge in [0.1, 0.15) is 5.82 Å². The Morgan fingerprint density at radius 3 is 2.66 bits per heavy atom. The third-order valence-electron chi connectivity index (χ3n) is 6.27. The predicted octanol–water partition coefficient (Wildman–Crippen LogP) is 5.99. The fraction of sp³-hybridized carbons (Fsp3) is 0.280. The summed E-state index contributed by atoms with van der Waals surface area (Å²) in [5.41, 5.74) is 2.01. The molecule has 4 aromatic heterocycles. The van der Waals surface area contributed by atoms with Crippen LogP contribution in [0.2, 0.25) is 0 Å². The second kappa shape index (κ2) is 9.63. The Hall–Kier alpha value is -4.13. The first-order valence-electron chi connectivity index (χ1n) is 11.9. The average Bonchev–Trinajstić information content (AvgIpc) is 3.58. The lowest BCUT2D eigenvalue weighted by Gasteiger charge is -2.32. The summed E-state index contributed by atoms with van der Waals surface area (Å²) in [4.78, 5) is 25.3. The quantitative estimate of drug-likeness (QED) is 0.289. The maximum atomic E-state index is 12.8. The summed E-state index contributed by atoms with van der Waals surface area (Å²) in [6.45, 7) is 3.45. The van der Waals surface area contributed by atoms with Crippen molar-refractivity contribution in [3.63, 3.8) is 0 Å². The molecule has 5 aromatic rings. The fourth-order valence-electron chi connectivity index (χ4n) is 4.45. The molecule has 1 fully saturated rings. The van der Waals surface area contributed by atoms with Gasteiger partial charge < -0.3 is 14.7 Å². The van der Waals surface area contributed by atoms with Gasteiger partial charge in [-0.3, -0.25) is 4.98 Å². The topological polar surface area (TPSA) is 106 Å². The number of benzene rings is 1. The molecular weight excluding hydrogens is 517 g/mol. The van der Waals surface area contributed by atoms with Gasteiger partial charge in [0.25, 0.3) is 0 Å². The molecule has 13 heteroatoms. The molecule has 0 spiro atoms. The van der Waals surface area contributed by atoms with Crippen LogP contribution in [0, 0.1) is 6.92 Å². The summed E-state index contributed by atoms with van der Waals surface area (Å²) >= 11 is 1.56. The lowest BCUT2D eigenvalue weighted by atomic mass is 9.94. The normalized spacial score (nSPS) is 16.2. The molecule has 6 rings (SSSR count). The molecule has 1 aliphatic rings. The van der Waals surface area contributed by atoms with Crippen LogP contribution in [0.15, 0.2) is 53.3 Å². The van der Waals surface area contributed by atoms with Gasteiger partial charge >= 0.3 is 12.1 Å². The van der Waals surface area contributed by atoms with Gasteiger partial charge in [0, 0.05) is 52.9 Å². The Balaban J connectivity index is 1.24. The average molecular weight is 539 g/mol. The molecule has 0 radical (unpaired) electrons. The molecule has 5 heterocycles. The monoisotopic (exact) mass is 538 g/mol. The van der Waals surface area contributed by atoms with Crippen LogP contribution in [-0.4, -0.2) is 43.2 Å². The van der Waals surface area contributed by atoms with E-state index in [1.54, 1.807) is 23.5 Å². The van der Waals surface area contributed by atoms with E-state index in [0.29, 0.717) is 23.9 Å². The number of hydrogen-bond acceptors (Lipinski definition) is 10. The minimum absolute atomic E-state index is 0.0990. The van der Waals surface area contributed by atoms with Crippen molar-refractivity contribution in [2.75, 3.05) is 23.3 Å². The fourth-order valence-corrected chi connectivity index (χ4v) is 5.11. The molecule has 1 aromatic carbocycles. The Morgan fingerprint density at radius 2 is 1.92 bits per heavy atom. The number of para-hydroxylation sites is 1. The Bertz CT molecular complexity index is 1580. The van der Waals surface area contributed by atoms with E-state index in [1.807, 2.05) is 37.4 Å². The smallest absolute Gasteiger partial charge is 0.340 e. The van der Waals surface area contributed by atoms with Gasteiger partial charge in [-0.05, 0) is 44.0 Å². The Labute approximate surface area is 218 Å². The van der Waals surface area contributed by atoms with Crippen molar-refractivity contribution in [3.8, 4) is 11.4 Å². The minimum Gasteiger partial charge on any atom is -0.340 e. The van der Waals surface area contributed by atoms with Crippen molar-refractivity contribution in [1.29, 1.82) is 0 Å². The Morgan fingerprint density at radius 1 is 1.05 bits per heavy atom. The van der Waals surface area contributed by atoms with Crippen LogP contribution in [0.1, 0.15) is 35.2 Å². The zero-order chi connectivity index (χ0) is 26.3. The van der Waals surface area contributed by atoms with Crippen molar-refractivity contribution in [2.24, 2.45) is 0 Å². The number of hydrogen-bond donors (Lipinski definition) is 1. The van der Waals surface area contributed by atoms with Gasteiger partial charge in [0.05, 0.1) is 5.52 Å². The summed E-state index contributed by atoms with van der Waals surface area (Å²) in [6.07, 6.45) is 0.436. The number of aromatic nitrogens is 6. The molecule has 0 bridgehead atoms. The number of alkyl halides is 3. The second-order valence-electron chi connectivity index (χ2n) is 8.97. The molecule has 1 saturated heterocycles. The molecule has 0 saturated carbocycles. The highest BCUT2D eigenvalue weighted by molar-refractivity contribution is 7.15. The number of thiazole rings is 1. The first kappa shape index (κ1) is 24.2. The molecular formula is C25H21F3N8OS. The van der Waals surface area contributed by atoms with E-state index >= 15 is 0 Å².